The number of phenols is 1. The van der Waals surface area contributed by atoms with E-state index in [9.17, 15) is 12.8 Å². The molecule has 1 heterocycles. The van der Waals surface area contributed by atoms with Gasteiger partial charge in [-0.15, -0.1) is 11.3 Å². The lowest BCUT2D eigenvalue weighted by Gasteiger charge is -2.06. The number of halogens is 1. The first-order chi connectivity index (χ1) is 8.92. The number of hydrogen-bond donors (Lipinski definition) is 2. The molecule has 1 aromatic carbocycles. The van der Waals surface area contributed by atoms with E-state index in [2.05, 4.69) is 4.72 Å². The molecule has 0 aliphatic rings. The van der Waals surface area contributed by atoms with Crippen LogP contribution in [0.15, 0.2) is 34.5 Å². The van der Waals surface area contributed by atoms with Crippen LogP contribution in [0.25, 0.3) is 0 Å². The van der Waals surface area contributed by atoms with Gasteiger partial charge in [0.25, 0.3) is 10.0 Å². The molecular weight excluding hydrogens is 289 g/mol. The molecule has 102 valence electrons. The number of rotatable bonds is 4. The van der Waals surface area contributed by atoms with Gasteiger partial charge < -0.3 is 5.11 Å². The second-order valence-electron chi connectivity index (χ2n) is 3.85. The van der Waals surface area contributed by atoms with Crippen LogP contribution in [-0.4, -0.2) is 13.5 Å². The molecule has 1 aromatic heterocycles. The van der Waals surface area contributed by atoms with Crippen molar-refractivity contribution in [3.05, 3.63) is 41.0 Å². The monoisotopic (exact) mass is 301 g/mol. The van der Waals surface area contributed by atoms with Crippen LogP contribution in [0.4, 0.5) is 10.1 Å². The summed E-state index contributed by atoms with van der Waals surface area (Å²) in [6, 6.07) is 6.59. The minimum absolute atomic E-state index is 0.0711. The Labute approximate surface area is 114 Å². The van der Waals surface area contributed by atoms with Gasteiger partial charge in [-0.25, -0.2) is 12.8 Å². The molecule has 0 fully saturated rings. The van der Waals surface area contributed by atoms with Gasteiger partial charge in [0.2, 0.25) is 0 Å². The zero-order valence-corrected chi connectivity index (χ0v) is 11.7. The van der Waals surface area contributed by atoms with E-state index in [1.54, 1.807) is 6.07 Å². The highest BCUT2D eigenvalue weighted by atomic mass is 32.2. The van der Waals surface area contributed by atoms with Crippen LogP contribution in [0.3, 0.4) is 0 Å². The Kier molecular flexibility index (Phi) is 3.77. The summed E-state index contributed by atoms with van der Waals surface area (Å²) < 4.78 is 39.7. The number of aryl methyl sites for hydroxylation is 1. The van der Waals surface area contributed by atoms with Gasteiger partial charge in [-0.2, -0.15) is 0 Å². The smallest absolute Gasteiger partial charge is 0.271 e. The maximum Gasteiger partial charge on any atom is 0.271 e. The fourth-order valence-electron chi connectivity index (χ4n) is 1.47. The second-order valence-corrected chi connectivity index (χ2v) is 6.92. The molecule has 0 spiro atoms. The Balaban J connectivity index is 2.28. The predicted octanol–water partition coefficient (Wildman–Crippen LogP) is 2.96. The third-order valence-electron chi connectivity index (χ3n) is 2.45. The van der Waals surface area contributed by atoms with Gasteiger partial charge in [0.15, 0.2) is 11.6 Å². The highest BCUT2D eigenvalue weighted by Crippen LogP contribution is 2.26. The zero-order chi connectivity index (χ0) is 14.0. The van der Waals surface area contributed by atoms with Crippen molar-refractivity contribution in [3.8, 4) is 5.75 Å². The van der Waals surface area contributed by atoms with Crippen molar-refractivity contribution in [2.75, 3.05) is 4.72 Å². The van der Waals surface area contributed by atoms with Gasteiger partial charge in [0, 0.05) is 10.9 Å². The molecule has 0 saturated heterocycles. The van der Waals surface area contributed by atoms with Gasteiger partial charge in [-0.1, -0.05) is 6.92 Å². The molecule has 2 N–H and O–H groups in total. The molecule has 19 heavy (non-hydrogen) atoms. The zero-order valence-electron chi connectivity index (χ0n) is 10.1. The lowest BCUT2D eigenvalue weighted by molar-refractivity contribution is 0.432. The molecule has 2 aromatic rings. The average molecular weight is 301 g/mol. The van der Waals surface area contributed by atoms with Crippen LogP contribution in [0, 0.1) is 5.82 Å². The Morgan fingerprint density at radius 3 is 2.63 bits per heavy atom. The van der Waals surface area contributed by atoms with E-state index in [1.807, 2.05) is 6.92 Å². The van der Waals surface area contributed by atoms with Gasteiger partial charge in [0.05, 0.1) is 5.69 Å². The maximum absolute atomic E-state index is 13.1. The lowest BCUT2D eigenvalue weighted by Crippen LogP contribution is -2.11. The molecule has 0 atom stereocenters. The van der Waals surface area contributed by atoms with E-state index in [0.717, 1.165) is 23.4 Å². The summed E-state index contributed by atoms with van der Waals surface area (Å²) >= 11 is 1.17. The number of sulfonamides is 1. The average Bonchev–Trinajstić information content (AvgIpc) is 2.83. The standard InChI is InChI=1S/C12H12FNO3S2/c1-2-9-4-6-12(18-9)19(16,17)14-8-3-5-11(15)10(13)7-8/h3-7,14-15H,2H2,1H3. The summed E-state index contributed by atoms with van der Waals surface area (Å²) in [7, 11) is -3.71. The summed E-state index contributed by atoms with van der Waals surface area (Å²) in [4.78, 5) is 0.956. The Hall–Kier alpha value is -1.60. The highest BCUT2D eigenvalue weighted by Gasteiger charge is 2.17. The molecule has 0 radical (unpaired) electrons. The van der Waals surface area contributed by atoms with Crippen molar-refractivity contribution < 1.29 is 17.9 Å². The van der Waals surface area contributed by atoms with Crippen molar-refractivity contribution in [2.24, 2.45) is 0 Å². The first-order valence-electron chi connectivity index (χ1n) is 5.52. The topological polar surface area (TPSA) is 66.4 Å². The number of nitrogens with one attached hydrogen (secondary N) is 1. The van der Waals surface area contributed by atoms with Crippen molar-refractivity contribution in [1.82, 2.24) is 0 Å². The third-order valence-corrected chi connectivity index (χ3v) is 5.55. The van der Waals surface area contributed by atoms with E-state index in [0.29, 0.717) is 0 Å². The van der Waals surface area contributed by atoms with Crippen LogP contribution in [0.2, 0.25) is 0 Å². The fraction of sp³-hybridized carbons (Fsp3) is 0.167. The Morgan fingerprint density at radius 2 is 2.05 bits per heavy atom. The molecule has 0 amide bonds. The first kappa shape index (κ1) is 13.8. The lowest BCUT2D eigenvalue weighted by atomic mass is 10.3. The summed E-state index contributed by atoms with van der Waals surface area (Å²) in [6.45, 7) is 1.94. The van der Waals surface area contributed by atoms with Gasteiger partial charge in [0.1, 0.15) is 4.21 Å². The minimum atomic E-state index is -3.71. The van der Waals surface area contributed by atoms with E-state index in [-0.39, 0.29) is 9.90 Å². The van der Waals surface area contributed by atoms with Crippen molar-refractivity contribution in [1.29, 1.82) is 0 Å². The molecule has 0 unspecified atom stereocenters. The summed E-state index contributed by atoms with van der Waals surface area (Å²) in [5, 5.41) is 9.04. The minimum Gasteiger partial charge on any atom is -0.505 e. The fourth-order valence-corrected chi connectivity index (χ4v) is 3.81. The molecule has 4 nitrogen and oxygen atoms in total. The molecule has 2 rings (SSSR count). The van der Waals surface area contributed by atoms with Crippen molar-refractivity contribution in [3.63, 3.8) is 0 Å². The number of aromatic hydroxyl groups is 1. The Morgan fingerprint density at radius 1 is 1.32 bits per heavy atom. The molecular formula is C12H12FNO3S2. The SMILES string of the molecule is CCc1ccc(S(=O)(=O)Nc2ccc(O)c(F)c2)s1. The van der Waals surface area contributed by atoms with Crippen LogP contribution < -0.4 is 4.72 Å². The third kappa shape index (κ3) is 3.05. The van der Waals surface area contributed by atoms with Crippen LogP contribution in [0.1, 0.15) is 11.8 Å². The van der Waals surface area contributed by atoms with Crippen LogP contribution in [-0.2, 0) is 16.4 Å². The summed E-state index contributed by atoms with van der Waals surface area (Å²) in [5.74, 6) is -1.40. The molecule has 0 saturated carbocycles. The molecule has 0 aliphatic carbocycles. The van der Waals surface area contributed by atoms with E-state index >= 15 is 0 Å². The number of thiophene rings is 1. The van der Waals surface area contributed by atoms with Crippen LogP contribution in [0.5, 0.6) is 5.75 Å². The van der Waals surface area contributed by atoms with E-state index in [1.165, 1.54) is 23.5 Å². The predicted molar refractivity (Wildman–Crippen MR) is 72.6 cm³/mol. The summed E-state index contributed by atoms with van der Waals surface area (Å²) in [6.07, 6.45) is 0.758. The first-order valence-corrected chi connectivity index (χ1v) is 7.82. The van der Waals surface area contributed by atoms with Crippen molar-refractivity contribution in [2.45, 2.75) is 17.6 Å². The quantitative estimate of drug-likeness (QED) is 0.853. The highest BCUT2D eigenvalue weighted by molar-refractivity contribution is 7.94. The Bertz CT molecular complexity index is 695. The normalized spacial score (nSPS) is 11.5. The van der Waals surface area contributed by atoms with Gasteiger partial charge >= 0.3 is 0 Å². The molecule has 7 heteroatoms. The van der Waals surface area contributed by atoms with Gasteiger partial charge in [-0.05, 0) is 30.7 Å². The number of phenolic OH excluding ortho intramolecular Hbond substituents is 1. The number of benzene rings is 1. The number of hydrogen-bond acceptors (Lipinski definition) is 4. The second kappa shape index (κ2) is 5.18. The van der Waals surface area contributed by atoms with E-state index < -0.39 is 21.6 Å². The number of anilines is 1. The largest absolute Gasteiger partial charge is 0.505 e. The van der Waals surface area contributed by atoms with Gasteiger partial charge in [-0.3, -0.25) is 4.72 Å². The maximum atomic E-state index is 13.1. The van der Waals surface area contributed by atoms with E-state index in [4.69, 9.17) is 5.11 Å². The van der Waals surface area contributed by atoms with Crippen LogP contribution >= 0.6 is 11.3 Å². The van der Waals surface area contributed by atoms with Crippen molar-refractivity contribution >= 4 is 27.0 Å². The molecule has 0 bridgehead atoms. The molecule has 0 aliphatic heterocycles. The summed E-state index contributed by atoms with van der Waals surface area (Å²) in [5.41, 5.74) is 0.0711.